The van der Waals surface area contributed by atoms with E-state index in [1.54, 1.807) is 5.06 Å². The fraction of sp³-hybridized carbons (Fsp3) is 1.00. The maximum Gasteiger partial charge on any atom is 0.176 e. The maximum atomic E-state index is 10.1. The average molecular weight is 186 g/mol. The van der Waals surface area contributed by atoms with Crippen LogP contribution >= 0.6 is 0 Å². The molecule has 1 saturated heterocycles. The van der Waals surface area contributed by atoms with Gasteiger partial charge in [-0.15, -0.1) is 9.97 Å². The van der Waals surface area contributed by atoms with Crippen molar-refractivity contribution in [1.82, 2.24) is 5.06 Å². The van der Waals surface area contributed by atoms with Crippen LogP contribution in [-0.2, 0) is 4.94 Å². The van der Waals surface area contributed by atoms with Crippen molar-refractivity contribution in [3.63, 3.8) is 0 Å². The molecular weight excluding hydrogens is 168 g/mol. The van der Waals surface area contributed by atoms with Crippen LogP contribution in [0.5, 0.6) is 0 Å². The van der Waals surface area contributed by atoms with Gasteiger partial charge in [0.15, 0.2) is 5.34 Å². The van der Waals surface area contributed by atoms with Crippen molar-refractivity contribution in [2.24, 2.45) is 5.34 Å². The molecule has 4 heteroatoms. The molecule has 76 valence electrons. The SMILES string of the molecule is CC1(C)CCCC(C)(C)N1ON=O. The van der Waals surface area contributed by atoms with Gasteiger partial charge in [-0.05, 0) is 47.0 Å². The molecule has 0 radical (unpaired) electrons. The van der Waals surface area contributed by atoms with Gasteiger partial charge in [-0.2, -0.15) is 0 Å². The first kappa shape index (κ1) is 10.4. The van der Waals surface area contributed by atoms with Crippen LogP contribution in [-0.4, -0.2) is 16.1 Å². The number of piperidine rings is 1. The van der Waals surface area contributed by atoms with E-state index in [9.17, 15) is 4.91 Å². The summed E-state index contributed by atoms with van der Waals surface area (Å²) in [7, 11) is 0. The van der Waals surface area contributed by atoms with E-state index in [0.717, 1.165) is 12.8 Å². The van der Waals surface area contributed by atoms with E-state index < -0.39 is 0 Å². The highest BCUT2D eigenvalue weighted by atomic mass is 16.9. The summed E-state index contributed by atoms with van der Waals surface area (Å²) in [6.45, 7) is 8.27. The van der Waals surface area contributed by atoms with Gasteiger partial charge in [-0.1, -0.05) is 0 Å². The molecular formula is C9H18N2O2. The van der Waals surface area contributed by atoms with Crippen LogP contribution in [0.1, 0.15) is 47.0 Å². The standard InChI is InChI=1S/C9H18N2O2/c1-8(2)6-5-7-9(3,4)11(8)13-10-12/h5-7H2,1-4H3. The summed E-state index contributed by atoms with van der Waals surface area (Å²) in [5.41, 5.74) is -0.203. The fourth-order valence-electron chi connectivity index (χ4n) is 2.23. The van der Waals surface area contributed by atoms with Crippen molar-refractivity contribution in [1.29, 1.82) is 0 Å². The molecule has 1 fully saturated rings. The van der Waals surface area contributed by atoms with Crippen LogP contribution in [0.25, 0.3) is 0 Å². The highest BCUT2D eigenvalue weighted by Crippen LogP contribution is 2.38. The minimum Gasteiger partial charge on any atom is -0.259 e. The second-order valence-electron chi connectivity index (χ2n) is 4.93. The Kier molecular flexibility index (Phi) is 2.61. The molecule has 0 aliphatic carbocycles. The molecule has 13 heavy (non-hydrogen) atoms. The van der Waals surface area contributed by atoms with E-state index in [0.29, 0.717) is 0 Å². The van der Waals surface area contributed by atoms with Gasteiger partial charge in [0, 0.05) is 0 Å². The number of rotatable bonds is 2. The molecule has 0 aromatic heterocycles. The van der Waals surface area contributed by atoms with Gasteiger partial charge < -0.3 is 0 Å². The van der Waals surface area contributed by atoms with E-state index in [1.165, 1.54) is 6.42 Å². The number of hydrogen-bond acceptors (Lipinski definition) is 4. The molecule has 0 unspecified atom stereocenters. The first-order chi connectivity index (χ1) is 5.90. The molecule has 0 saturated carbocycles. The zero-order chi connectivity index (χ0) is 10.1. The molecule has 0 aromatic carbocycles. The molecule has 1 rings (SSSR count). The molecule has 1 aliphatic rings. The summed E-state index contributed by atoms with van der Waals surface area (Å²) in [4.78, 5) is 15.0. The van der Waals surface area contributed by atoms with Crippen molar-refractivity contribution in [3.05, 3.63) is 4.91 Å². The first-order valence-corrected chi connectivity index (χ1v) is 4.70. The van der Waals surface area contributed by atoms with Crippen molar-refractivity contribution < 1.29 is 4.94 Å². The Morgan fingerprint density at radius 1 is 1.15 bits per heavy atom. The summed E-state index contributed by atoms with van der Waals surface area (Å²) in [5.74, 6) is 0. The average Bonchev–Trinajstić information content (AvgIpc) is 1.96. The zero-order valence-corrected chi connectivity index (χ0v) is 8.83. The normalized spacial score (nSPS) is 26.8. The Morgan fingerprint density at radius 2 is 1.62 bits per heavy atom. The van der Waals surface area contributed by atoms with Crippen LogP contribution < -0.4 is 0 Å². The predicted octanol–water partition coefficient (Wildman–Crippen LogP) is 2.64. The Morgan fingerprint density at radius 3 is 2.00 bits per heavy atom. The smallest absolute Gasteiger partial charge is 0.176 e. The van der Waals surface area contributed by atoms with E-state index in [4.69, 9.17) is 4.94 Å². The summed E-state index contributed by atoms with van der Waals surface area (Å²) in [5, 5.41) is 4.25. The van der Waals surface area contributed by atoms with E-state index in [-0.39, 0.29) is 11.1 Å². The molecule has 0 N–H and O–H groups in total. The van der Waals surface area contributed by atoms with Crippen LogP contribution in [0.3, 0.4) is 0 Å². The Hall–Kier alpha value is -0.640. The van der Waals surface area contributed by atoms with Crippen molar-refractivity contribution in [3.8, 4) is 0 Å². The molecule has 4 nitrogen and oxygen atoms in total. The summed E-state index contributed by atoms with van der Waals surface area (Å²) in [6, 6.07) is 0. The maximum absolute atomic E-state index is 10.1. The van der Waals surface area contributed by atoms with Gasteiger partial charge in [0.05, 0.1) is 11.1 Å². The minimum atomic E-state index is -0.102. The van der Waals surface area contributed by atoms with Crippen molar-refractivity contribution >= 4 is 0 Å². The predicted molar refractivity (Wildman–Crippen MR) is 50.7 cm³/mol. The van der Waals surface area contributed by atoms with E-state index >= 15 is 0 Å². The Labute approximate surface area is 79.1 Å². The Balaban J connectivity index is 2.83. The van der Waals surface area contributed by atoms with Crippen LogP contribution in [0, 0.1) is 4.91 Å². The zero-order valence-electron chi connectivity index (χ0n) is 8.83. The number of hydroxylamine groups is 2. The molecule has 1 heterocycles. The highest BCUT2D eigenvalue weighted by molar-refractivity contribution is 4.92. The fourth-order valence-corrected chi connectivity index (χ4v) is 2.23. The molecule has 0 aromatic rings. The van der Waals surface area contributed by atoms with Gasteiger partial charge in [0.25, 0.3) is 0 Å². The number of hydrogen-bond donors (Lipinski definition) is 0. The minimum absolute atomic E-state index is 0.102. The molecule has 1 aliphatic heterocycles. The lowest BCUT2D eigenvalue weighted by Crippen LogP contribution is -2.57. The van der Waals surface area contributed by atoms with Gasteiger partial charge in [0.2, 0.25) is 0 Å². The third-order valence-electron chi connectivity index (χ3n) is 2.79. The molecule has 0 atom stereocenters. The summed E-state index contributed by atoms with van der Waals surface area (Å²) < 4.78 is 0. The van der Waals surface area contributed by atoms with Gasteiger partial charge in [0.1, 0.15) is 0 Å². The second kappa shape index (κ2) is 3.25. The monoisotopic (exact) mass is 186 g/mol. The lowest BCUT2D eigenvalue weighted by Gasteiger charge is -2.48. The van der Waals surface area contributed by atoms with E-state index in [2.05, 4.69) is 33.0 Å². The van der Waals surface area contributed by atoms with Crippen molar-refractivity contribution in [2.75, 3.05) is 0 Å². The first-order valence-electron chi connectivity index (χ1n) is 4.70. The van der Waals surface area contributed by atoms with Gasteiger partial charge >= 0.3 is 0 Å². The lowest BCUT2D eigenvalue weighted by molar-refractivity contribution is -0.283. The van der Waals surface area contributed by atoms with Gasteiger partial charge in [-0.3, -0.25) is 4.94 Å². The third kappa shape index (κ3) is 1.99. The Bertz CT molecular complexity index is 186. The lowest BCUT2D eigenvalue weighted by atomic mass is 9.82. The molecule has 0 spiro atoms. The second-order valence-corrected chi connectivity index (χ2v) is 4.93. The van der Waals surface area contributed by atoms with Crippen LogP contribution in [0.4, 0.5) is 0 Å². The van der Waals surface area contributed by atoms with Gasteiger partial charge in [-0.25, -0.2) is 0 Å². The molecule has 0 amide bonds. The number of nitrogens with zero attached hydrogens (tertiary/aromatic N) is 2. The summed E-state index contributed by atoms with van der Waals surface area (Å²) >= 11 is 0. The third-order valence-corrected chi connectivity index (χ3v) is 2.79. The summed E-state index contributed by atoms with van der Waals surface area (Å²) in [6.07, 6.45) is 3.23. The topological polar surface area (TPSA) is 41.9 Å². The van der Waals surface area contributed by atoms with E-state index in [1.807, 2.05) is 0 Å². The quantitative estimate of drug-likeness (QED) is 0.491. The van der Waals surface area contributed by atoms with Crippen molar-refractivity contribution in [2.45, 2.75) is 58.0 Å². The van der Waals surface area contributed by atoms with Crippen LogP contribution in [0.2, 0.25) is 0 Å². The largest absolute Gasteiger partial charge is 0.259 e. The molecule has 0 bridgehead atoms. The highest BCUT2D eigenvalue weighted by Gasteiger charge is 2.44. The van der Waals surface area contributed by atoms with Crippen LogP contribution in [0.15, 0.2) is 5.34 Å².